The highest BCUT2D eigenvalue weighted by Gasteiger charge is 2.31. The zero-order valence-electron chi connectivity index (χ0n) is 22.7. The lowest BCUT2D eigenvalue weighted by Crippen LogP contribution is -2.21. The minimum atomic E-state index is -0.00897. The van der Waals surface area contributed by atoms with Crippen LogP contribution in [0.4, 0.5) is 0 Å². The van der Waals surface area contributed by atoms with E-state index in [2.05, 4.69) is 100 Å². The van der Waals surface area contributed by atoms with Crippen LogP contribution in [-0.2, 0) is 22.7 Å². The van der Waals surface area contributed by atoms with E-state index in [-0.39, 0.29) is 22.2 Å². The summed E-state index contributed by atoms with van der Waals surface area (Å²) < 4.78 is 6.09. The molecule has 0 aromatic heterocycles. The smallest absolute Gasteiger partial charge is 0.126 e. The van der Waals surface area contributed by atoms with Gasteiger partial charge >= 0.3 is 0 Å². The first-order chi connectivity index (χ1) is 14.6. The minimum absolute atomic E-state index is 0.00579. The fraction of sp³-hybridized carbons (Fsp3) is 0.600. The molecule has 2 aromatic carbocycles. The van der Waals surface area contributed by atoms with Gasteiger partial charge in [-0.2, -0.15) is 0 Å². The molecule has 0 bridgehead atoms. The average Bonchev–Trinajstić information content (AvgIpc) is 2.70. The summed E-state index contributed by atoms with van der Waals surface area (Å²) in [6, 6.07) is 9.00. The van der Waals surface area contributed by atoms with Gasteiger partial charge in [0.25, 0.3) is 0 Å². The van der Waals surface area contributed by atoms with Crippen LogP contribution in [0.2, 0.25) is 0 Å². The van der Waals surface area contributed by atoms with Crippen molar-refractivity contribution in [2.45, 2.75) is 111 Å². The number of aryl methyl sites for hydroxylation is 1. The molecule has 0 aliphatic carbocycles. The summed E-state index contributed by atoms with van der Waals surface area (Å²) in [5.41, 5.74) is 6.98. The number of methoxy groups -OCH3 is 1. The van der Waals surface area contributed by atoms with Crippen molar-refractivity contribution in [3.05, 3.63) is 57.6 Å². The number of phenolic OH excluding ortho intramolecular Hbond substituents is 1. The average molecular weight is 439 g/mol. The molecule has 0 amide bonds. The van der Waals surface area contributed by atoms with Crippen molar-refractivity contribution < 1.29 is 9.84 Å². The number of hydrogen-bond donors (Lipinski definition) is 1. The van der Waals surface area contributed by atoms with Gasteiger partial charge in [0.15, 0.2) is 0 Å². The second kappa shape index (κ2) is 9.12. The molecule has 178 valence electrons. The molecule has 2 heteroatoms. The maximum Gasteiger partial charge on any atom is 0.126 e. The summed E-state index contributed by atoms with van der Waals surface area (Å²) in [6.07, 6.45) is 1.83. The summed E-state index contributed by atoms with van der Waals surface area (Å²) in [5.74, 6) is 1.38. The second-order valence-electron chi connectivity index (χ2n) is 12.0. The highest BCUT2D eigenvalue weighted by atomic mass is 16.5. The Morgan fingerprint density at radius 3 is 1.75 bits per heavy atom. The number of ether oxygens (including phenoxy) is 1. The number of rotatable bonds is 6. The van der Waals surface area contributed by atoms with E-state index in [1.54, 1.807) is 7.11 Å². The standard InChI is InChI=1S/C30H46O2/c1-13-20-15-21(28(4,5)6)16-23(26(20)31)19(3)24-17-22(29(7,8)9)18-25(27(24)32-12)30(10,11)14-2/h15-19,31H,13-14H2,1-12H3. The van der Waals surface area contributed by atoms with E-state index in [0.29, 0.717) is 5.75 Å². The van der Waals surface area contributed by atoms with Crippen molar-refractivity contribution in [3.8, 4) is 11.5 Å². The monoisotopic (exact) mass is 438 g/mol. The van der Waals surface area contributed by atoms with Gasteiger partial charge in [-0.15, -0.1) is 0 Å². The molecule has 0 heterocycles. The second-order valence-corrected chi connectivity index (χ2v) is 12.0. The number of hydrogen-bond acceptors (Lipinski definition) is 2. The Labute approximate surface area is 197 Å². The van der Waals surface area contributed by atoms with Crippen molar-refractivity contribution in [1.29, 1.82) is 0 Å². The fourth-order valence-electron chi connectivity index (χ4n) is 4.25. The highest BCUT2D eigenvalue weighted by Crippen LogP contribution is 2.46. The molecule has 1 atom stereocenters. The Kier molecular flexibility index (Phi) is 7.49. The van der Waals surface area contributed by atoms with E-state index in [9.17, 15) is 5.11 Å². The molecular formula is C30H46O2. The van der Waals surface area contributed by atoms with Crippen molar-refractivity contribution in [1.82, 2.24) is 0 Å². The van der Waals surface area contributed by atoms with Crippen molar-refractivity contribution in [2.24, 2.45) is 0 Å². The molecule has 2 aromatic rings. The Morgan fingerprint density at radius 1 is 0.812 bits per heavy atom. The van der Waals surface area contributed by atoms with Crippen LogP contribution in [0.25, 0.3) is 0 Å². The van der Waals surface area contributed by atoms with Crippen molar-refractivity contribution in [2.75, 3.05) is 7.11 Å². The van der Waals surface area contributed by atoms with Gasteiger partial charge in [0, 0.05) is 22.6 Å². The third kappa shape index (κ3) is 5.16. The lowest BCUT2D eigenvalue weighted by atomic mass is 9.74. The molecule has 2 nitrogen and oxygen atoms in total. The number of benzene rings is 2. The minimum Gasteiger partial charge on any atom is -0.507 e. The molecule has 1 N–H and O–H groups in total. The Bertz CT molecular complexity index is 952. The lowest BCUT2D eigenvalue weighted by Gasteiger charge is -2.32. The molecule has 2 rings (SSSR count). The van der Waals surface area contributed by atoms with Gasteiger partial charge in [-0.3, -0.25) is 0 Å². The van der Waals surface area contributed by atoms with Gasteiger partial charge in [0.2, 0.25) is 0 Å². The predicted molar refractivity (Wildman–Crippen MR) is 139 cm³/mol. The molecule has 0 fully saturated rings. The van der Waals surface area contributed by atoms with Crippen molar-refractivity contribution in [3.63, 3.8) is 0 Å². The predicted octanol–water partition coefficient (Wildman–Crippen LogP) is 8.40. The van der Waals surface area contributed by atoms with Crippen LogP contribution < -0.4 is 4.74 Å². The Balaban J connectivity index is 2.89. The van der Waals surface area contributed by atoms with Crippen LogP contribution in [0.3, 0.4) is 0 Å². The normalized spacial score (nSPS) is 13.9. The summed E-state index contributed by atoms with van der Waals surface area (Å²) >= 11 is 0. The van der Waals surface area contributed by atoms with Crippen molar-refractivity contribution >= 4 is 0 Å². The number of phenols is 1. The topological polar surface area (TPSA) is 29.5 Å². The van der Waals surface area contributed by atoms with E-state index in [1.165, 1.54) is 16.7 Å². The molecule has 0 saturated heterocycles. The van der Waals surface area contributed by atoms with Crippen LogP contribution in [-0.4, -0.2) is 12.2 Å². The first-order valence-electron chi connectivity index (χ1n) is 12.2. The third-order valence-electron chi connectivity index (χ3n) is 7.20. The molecule has 0 spiro atoms. The molecule has 0 saturated carbocycles. The number of aromatic hydroxyl groups is 1. The first kappa shape index (κ1) is 26.3. The van der Waals surface area contributed by atoms with Gasteiger partial charge in [-0.25, -0.2) is 0 Å². The van der Waals surface area contributed by atoms with Gasteiger partial charge in [-0.1, -0.05) is 100 Å². The van der Waals surface area contributed by atoms with E-state index in [0.717, 1.165) is 35.3 Å². The molecule has 32 heavy (non-hydrogen) atoms. The molecule has 1 unspecified atom stereocenters. The largest absolute Gasteiger partial charge is 0.507 e. The van der Waals surface area contributed by atoms with E-state index in [4.69, 9.17) is 4.74 Å². The fourth-order valence-corrected chi connectivity index (χ4v) is 4.25. The van der Waals surface area contributed by atoms with Crippen LogP contribution in [0.15, 0.2) is 24.3 Å². The molecular weight excluding hydrogens is 392 g/mol. The first-order valence-corrected chi connectivity index (χ1v) is 12.2. The van der Waals surface area contributed by atoms with Crippen LogP contribution >= 0.6 is 0 Å². The van der Waals surface area contributed by atoms with Gasteiger partial charge in [-0.05, 0) is 45.8 Å². The summed E-state index contributed by atoms with van der Waals surface area (Å²) in [4.78, 5) is 0. The van der Waals surface area contributed by atoms with Crippen LogP contribution in [0.5, 0.6) is 11.5 Å². The molecule has 0 aliphatic rings. The van der Waals surface area contributed by atoms with Crippen LogP contribution in [0.1, 0.15) is 122 Å². The molecule has 0 radical (unpaired) electrons. The Hall–Kier alpha value is -1.96. The maximum atomic E-state index is 11.2. The van der Waals surface area contributed by atoms with E-state index < -0.39 is 0 Å². The zero-order valence-corrected chi connectivity index (χ0v) is 22.7. The third-order valence-corrected chi connectivity index (χ3v) is 7.20. The van der Waals surface area contributed by atoms with Crippen LogP contribution in [0, 0.1) is 0 Å². The summed E-state index contributed by atoms with van der Waals surface area (Å²) in [5, 5.41) is 11.2. The maximum absolute atomic E-state index is 11.2. The SMILES string of the molecule is CCc1cc(C(C)(C)C)cc(C(C)c2cc(C(C)(C)C)cc(C(C)(C)CC)c2OC)c1O. The van der Waals surface area contributed by atoms with Gasteiger partial charge in [0.1, 0.15) is 11.5 Å². The lowest BCUT2D eigenvalue weighted by molar-refractivity contribution is 0.381. The van der Waals surface area contributed by atoms with Gasteiger partial charge in [0.05, 0.1) is 7.11 Å². The van der Waals surface area contributed by atoms with E-state index >= 15 is 0 Å². The highest BCUT2D eigenvalue weighted by molar-refractivity contribution is 5.56. The summed E-state index contributed by atoms with van der Waals surface area (Å²) in [6.45, 7) is 24.6. The van der Waals surface area contributed by atoms with Gasteiger partial charge < -0.3 is 9.84 Å². The Morgan fingerprint density at radius 2 is 1.31 bits per heavy atom. The van der Waals surface area contributed by atoms with E-state index in [1.807, 2.05) is 0 Å². The zero-order chi connectivity index (χ0) is 24.6. The molecule has 0 aliphatic heterocycles. The quantitative estimate of drug-likeness (QED) is 0.490. The summed E-state index contributed by atoms with van der Waals surface area (Å²) in [7, 11) is 1.78.